The Morgan fingerprint density at radius 1 is 1.10 bits per heavy atom. The minimum absolute atomic E-state index is 0.421. The van der Waals surface area contributed by atoms with Gasteiger partial charge in [0.05, 0.1) is 17.6 Å². The molecule has 0 spiro atoms. The van der Waals surface area contributed by atoms with Crippen molar-refractivity contribution in [2.24, 2.45) is 9.98 Å². The zero-order valence-electron chi connectivity index (χ0n) is 23.3. The third-order valence-corrected chi connectivity index (χ3v) is 5.58. The van der Waals surface area contributed by atoms with E-state index in [0.717, 1.165) is 22.7 Å². The molecule has 1 aromatic heterocycles. The second-order valence-electron chi connectivity index (χ2n) is 8.92. The number of hydrogen-bond acceptors (Lipinski definition) is 7. The molecule has 0 radical (unpaired) electrons. The lowest BCUT2D eigenvalue weighted by molar-refractivity contribution is -0.111. The number of aryl methyl sites for hydroxylation is 2. The van der Waals surface area contributed by atoms with Gasteiger partial charge in [0.1, 0.15) is 29.7 Å². The average Bonchev–Trinajstić information content (AvgIpc) is 2.90. The number of pyridine rings is 1. The summed E-state index contributed by atoms with van der Waals surface area (Å²) in [5, 5.41) is 6.16. The third-order valence-electron chi connectivity index (χ3n) is 5.58. The van der Waals surface area contributed by atoms with Crippen LogP contribution < -0.4 is 20.1 Å². The quantitative estimate of drug-likeness (QED) is 0.214. The van der Waals surface area contributed by atoms with E-state index in [9.17, 15) is 4.79 Å². The number of rotatable bonds is 10. The SMILES string of the molecule is C=Nc1cc(OCCN(C)C)c(NC(=O)C#CC)cc1C(=NC)Nc1ccc(Oc2ccc(C)nc2)c(C)c1. The van der Waals surface area contributed by atoms with Crippen molar-refractivity contribution >= 4 is 35.5 Å². The van der Waals surface area contributed by atoms with Crippen LogP contribution in [0.5, 0.6) is 17.2 Å². The number of nitrogens with zero attached hydrogens (tertiary/aromatic N) is 4. The molecule has 2 N–H and O–H groups in total. The van der Waals surface area contributed by atoms with Crippen molar-refractivity contribution in [1.82, 2.24) is 9.88 Å². The van der Waals surface area contributed by atoms with Crippen LogP contribution in [0, 0.1) is 25.7 Å². The fraction of sp³-hybridized carbons (Fsp3) is 0.267. The maximum atomic E-state index is 12.3. The average molecular weight is 527 g/mol. The summed E-state index contributed by atoms with van der Waals surface area (Å²) >= 11 is 0. The molecule has 0 atom stereocenters. The molecule has 3 rings (SSSR count). The van der Waals surface area contributed by atoms with Crippen LogP contribution in [0.3, 0.4) is 0 Å². The molecule has 1 amide bonds. The van der Waals surface area contributed by atoms with Gasteiger partial charge in [0.15, 0.2) is 0 Å². The van der Waals surface area contributed by atoms with Gasteiger partial charge >= 0.3 is 0 Å². The molecule has 0 aliphatic carbocycles. The molecule has 0 saturated carbocycles. The van der Waals surface area contributed by atoms with Crippen LogP contribution in [0.15, 0.2) is 58.6 Å². The number of carbonyl (C=O) groups excluding carboxylic acids is 1. The minimum atomic E-state index is -0.446. The van der Waals surface area contributed by atoms with Gasteiger partial charge in [-0.2, -0.15) is 0 Å². The van der Waals surface area contributed by atoms with Gasteiger partial charge in [-0.1, -0.05) is 5.92 Å². The van der Waals surface area contributed by atoms with Gasteiger partial charge in [-0.25, -0.2) is 0 Å². The molecule has 1 heterocycles. The fourth-order valence-electron chi connectivity index (χ4n) is 3.58. The largest absolute Gasteiger partial charge is 0.490 e. The Hall–Kier alpha value is -4.68. The first kappa shape index (κ1) is 28.9. The highest BCUT2D eigenvalue weighted by Gasteiger charge is 2.17. The standard InChI is InChI=1S/C30H34N6O3/c1-8-9-29(37)35-26-17-24(25(31-4)18-28(26)38-15-14-36(6)7)30(32-5)34-22-11-13-27(20(2)16-22)39-23-12-10-21(3)33-19-23/h10-13,16-19H,4,14-15H2,1-3,5-7H3,(H,32,34)(H,35,37). The molecular weight excluding hydrogens is 492 g/mol. The molecule has 0 aliphatic heterocycles. The highest BCUT2D eigenvalue weighted by molar-refractivity contribution is 6.13. The molecular formula is C30H34N6O3. The van der Waals surface area contributed by atoms with E-state index in [2.05, 4.69) is 44.2 Å². The van der Waals surface area contributed by atoms with Crippen LogP contribution in [-0.4, -0.2) is 62.6 Å². The van der Waals surface area contributed by atoms with Crippen molar-refractivity contribution < 1.29 is 14.3 Å². The molecule has 0 aliphatic rings. The Bertz CT molecular complexity index is 1420. The van der Waals surface area contributed by atoms with Crippen LogP contribution >= 0.6 is 0 Å². The van der Waals surface area contributed by atoms with E-state index in [-0.39, 0.29) is 0 Å². The van der Waals surface area contributed by atoms with Gasteiger partial charge in [-0.05, 0) is 89.5 Å². The lowest BCUT2D eigenvalue weighted by Crippen LogP contribution is -2.20. The van der Waals surface area contributed by atoms with Crippen molar-refractivity contribution in [3.05, 3.63) is 65.5 Å². The summed E-state index contributed by atoms with van der Waals surface area (Å²) in [6, 6.07) is 13.0. The first-order chi connectivity index (χ1) is 18.7. The van der Waals surface area contributed by atoms with E-state index in [4.69, 9.17) is 9.47 Å². The Labute approximate surface area is 230 Å². The number of nitrogens with one attached hydrogen (secondary N) is 2. The van der Waals surface area contributed by atoms with Gasteiger partial charge in [0.2, 0.25) is 0 Å². The van der Waals surface area contributed by atoms with Crippen molar-refractivity contribution in [3.63, 3.8) is 0 Å². The van der Waals surface area contributed by atoms with E-state index in [0.29, 0.717) is 47.4 Å². The van der Waals surface area contributed by atoms with Crippen LogP contribution in [0.4, 0.5) is 17.1 Å². The zero-order chi connectivity index (χ0) is 28.4. The molecule has 9 heteroatoms. The predicted molar refractivity (Wildman–Crippen MR) is 158 cm³/mol. The van der Waals surface area contributed by atoms with Gasteiger partial charge in [-0.3, -0.25) is 19.8 Å². The molecule has 0 saturated heterocycles. The smallest absolute Gasteiger partial charge is 0.300 e. The number of likely N-dealkylation sites (N-methyl/N-ethyl adjacent to an activating group) is 1. The first-order valence-corrected chi connectivity index (χ1v) is 12.4. The number of amidine groups is 1. The van der Waals surface area contributed by atoms with Gasteiger partial charge in [0, 0.05) is 36.6 Å². The highest BCUT2D eigenvalue weighted by atomic mass is 16.5. The molecule has 0 fully saturated rings. The molecule has 2 aromatic carbocycles. The number of aromatic nitrogens is 1. The van der Waals surface area contributed by atoms with Gasteiger partial charge in [-0.15, -0.1) is 0 Å². The van der Waals surface area contributed by atoms with Crippen LogP contribution in [0.1, 0.15) is 23.7 Å². The monoisotopic (exact) mass is 526 g/mol. The topological polar surface area (TPSA) is 100 Å². The van der Waals surface area contributed by atoms with E-state index < -0.39 is 5.91 Å². The Morgan fingerprint density at radius 2 is 1.90 bits per heavy atom. The summed E-state index contributed by atoms with van der Waals surface area (Å²) in [7, 11) is 5.59. The summed E-state index contributed by atoms with van der Waals surface area (Å²) in [5.41, 5.74) is 4.29. The molecule has 0 bridgehead atoms. The van der Waals surface area contributed by atoms with E-state index >= 15 is 0 Å². The lowest BCUT2D eigenvalue weighted by atomic mass is 10.1. The second-order valence-corrected chi connectivity index (χ2v) is 8.92. The van der Waals surface area contributed by atoms with Gasteiger partial charge < -0.3 is 25.0 Å². The summed E-state index contributed by atoms with van der Waals surface area (Å²) in [6.07, 6.45) is 1.70. The van der Waals surface area contributed by atoms with Crippen LogP contribution in [0.25, 0.3) is 0 Å². The molecule has 0 unspecified atom stereocenters. The number of benzene rings is 2. The van der Waals surface area contributed by atoms with Crippen LogP contribution in [0.2, 0.25) is 0 Å². The second kappa shape index (κ2) is 13.7. The minimum Gasteiger partial charge on any atom is -0.490 e. The third kappa shape index (κ3) is 8.15. The Balaban J connectivity index is 1.90. The van der Waals surface area contributed by atoms with Gasteiger partial charge in [0.25, 0.3) is 5.91 Å². The Morgan fingerprint density at radius 3 is 2.51 bits per heavy atom. The predicted octanol–water partition coefficient (Wildman–Crippen LogP) is 5.21. The highest BCUT2D eigenvalue weighted by Crippen LogP contribution is 2.35. The number of ether oxygens (including phenoxy) is 2. The normalized spacial score (nSPS) is 10.9. The number of aliphatic imine (C=N–C) groups is 2. The number of carbonyl (C=O) groups is 1. The van der Waals surface area contributed by atoms with E-state index in [1.165, 1.54) is 0 Å². The van der Waals surface area contributed by atoms with Crippen molar-refractivity contribution in [1.29, 1.82) is 0 Å². The lowest BCUT2D eigenvalue weighted by Gasteiger charge is -2.18. The van der Waals surface area contributed by atoms with E-state index in [1.54, 1.807) is 32.3 Å². The van der Waals surface area contributed by atoms with Crippen molar-refractivity contribution in [2.45, 2.75) is 20.8 Å². The zero-order valence-corrected chi connectivity index (χ0v) is 23.3. The molecule has 202 valence electrons. The van der Waals surface area contributed by atoms with Crippen molar-refractivity contribution in [2.75, 3.05) is 44.9 Å². The van der Waals surface area contributed by atoms with Crippen LogP contribution in [-0.2, 0) is 4.79 Å². The summed E-state index contributed by atoms with van der Waals surface area (Å²) in [6.45, 7) is 10.3. The fourth-order valence-corrected chi connectivity index (χ4v) is 3.58. The molecule has 39 heavy (non-hydrogen) atoms. The number of amides is 1. The summed E-state index contributed by atoms with van der Waals surface area (Å²) in [5.74, 6) is 7.04. The van der Waals surface area contributed by atoms with E-state index in [1.807, 2.05) is 63.2 Å². The van der Waals surface area contributed by atoms with Crippen molar-refractivity contribution in [3.8, 4) is 29.1 Å². The Kier molecular flexibility index (Phi) is 10.2. The summed E-state index contributed by atoms with van der Waals surface area (Å²) in [4.78, 5) is 27.2. The maximum absolute atomic E-state index is 12.3. The molecule has 9 nitrogen and oxygen atoms in total. The number of anilines is 2. The molecule has 3 aromatic rings. The maximum Gasteiger partial charge on any atom is 0.300 e. The summed E-state index contributed by atoms with van der Waals surface area (Å²) < 4.78 is 12.0. The first-order valence-electron chi connectivity index (χ1n) is 12.4. The number of hydrogen-bond donors (Lipinski definition) is 2.